The number of aryl methyl sites for hydroxylation is 1. The van der Waals surface area contributed by atoms with E-state index in [2.05, 4.69) is 24.5 Å². The van der Waals surface area contributed by atoms with E-state index in [4.69, 9.17) is 4.74 Å². The maximum atomic E-state index is 13.7. The second-order valence-electron chi connectivity index (χ2n) is 11.0. The molecule has 0 aromatic heterocycles. The molecule has 7 heteroatoms. The third kappa shape index (κ3) is 10.3. The molecule has 0 aliphatic heterocycles. The number of nitrogens with one attached hydrogen (secondary N) is 2. The van der Waals surface area contributed by atoms with Crippen molar-refractivity contribution < 1.29 is 19.1 Å². The largest absolute Gasteiger partial charge is 0.444 e. The van der Waals surface area contributed by atoms with E-state index < -0.39 is 17.7 Å². The predicted octanol–water partition coefficient (Wildman–Crippen LogP) is 5.53. The van der Waals surface area contributed by atoms with Gasteiger partial charge in [0.25, 0.3) is 0 Å². The second kappa shape index (κ2) is 13.8. The van der Waals surface area contributed by atoms with Crippen molar-refractivity contribution in [2.45, 2.75) is 85.5 Å². The number of hydrogen-bond acceptors (Lipinski definition) is 4. The maximum Gasteiger partial charge on any atom is 0.408 e. The number of ether oxygens (including phenoxy) is 1. The van der Waals surface area contributed by atoms with Crippen LogP contribution in [-0.4, -0.2) is 41.0 Å². The van der Waals surface area contributed by atoms with Gasteiger partial charge in [-0.2, -0.15) is 0 Å². The highest BCUT2D eigenvalue weighted by Crippen LogP contribution is 2.27. The molecule has 2 N–H and O–H groups in total. The summed E-state index contributed by atoms with van der Waals surface area (Å²) >= 11 is 0. The lowest BCUT2D eigenvalue weighted by molar-refractivity contribution is -0.142. The van der Waals surface area contributed by atoms with Gasteiger partial charge in [-0.05, 0) is 64.5 Å². The molecule has 0 aliphatic rings. The first-order valence-electron chi connectivity index (χ1n) is 13.0. The van der Waals surface area contributed by atoms with Gasteiger partial charge in [0.2, 0.25) is 11.8 Å². The maximum absolute atomic E-state index is 13.7. The highest BCUT2D eigenvalue weighted by molar-refractivity contribution is 5.90. The molecular weight excluding hydrogens is 466 g/mol. The number of carbonyl (C=O) groups is 3. The third-order valence-electron chi connectivity index (χ3n) is 5.90. The molecule has 7 nitrogen and oxygen atoms in total. The van der Waals surface area contributed by atoms with Crippen molar-refractivity contribution in [3.63, 3.8) is 0 Å². The minimum atomic E-state index is -0.848. The minimum Gasteiger partial charge on any atom is -0.444 e. The summed E-state index contributed by atoms with van der Waals surface area (Å²) in [6.45, 7) is 13.6. The van der Waals surface area contributed by atoms with Crippen LogP contribution in [0.15, 0.2) is 54.6 Å². The number of nitrogens with zero attached hydrogens (tertiary/aromatic N) is 1. The van der Waals surface area contributed by atoms with Crippen molar-refractivity contribution in [1.29, 1.82) is 0 Å². The zero-order valence-electron chi connectivity index (χ0n) is 23.3. The fraction of sp³-hybridized carbons (Fsp3) is 0.500. The third-order valence-corrected chi connectivity index (χ3v) is 5.90. The Morgan fingerprint density at radius 2 is 1.59 bits per heavy atom. The quantitative estimate of drug-likeness (QED) is 0.417. The van der Waals surface area contributed by atoms with E-state index in [0.29, 0.717) is 12.5 Å². The number of rotatable bonds is 11. The number of hydrogen-bond donors (Lipinski definition) is 2. The number of carbonyl (C=O) groups excluding carboxylic acids is 3. The average molecular weight is 510 g/mol. The number of amides is 3. The van der Waals surface area contributed by atoms with Crippen LogP contribution in [0.5, 0.6) is 0 Å². The first-order valence-corrected chi connectivity index (χ1v) is 13.0. The Balaban J connectivity index is 2.37. The average Bonchev–Trinajstić information content (AvgIpc) is 2.82. The van der Waals surface area contributed by atoms with Gasteiger partial charge in [-0.1, -0.05) is 74.0 Å². The summed E-state index contributed by atoms with van der Waals surface area (Å²) in [6.07, 6.45) is 0.956. The zero-order chi connectivity index (χ0) is 27.6. The molecule has 0 saturated heterocycles. The molecule has 2 rings (SSSR count). The van der Waals surface area contributed by atoms with Crippen molar-refractivity contribution in [3.05, 3.63) is 71.3 Å². The zero-order valence-corrected chi connectivity index (χ0v) is 23.3. The van der Waals surface area contributed by atoms with Gasteiger partial charge in [-0.15, -0.1) is 0 Å². The van der Waals surface area contributed by atoms with E-state index in [9.17, 15) is 14.4 Å². The van der Waals surface area contributed by atoms with Gasteiger partial charge >= 0.3 is 6.09 Å². The van der Waals surface area contributed by atoms with Gasteiger partial charge in [0.15, 0.2) is 0 Å². The van der Waals surface area contributed by atoms with E-state index in [1.54, 1.807) is 25.7 Å². The molecule has 2 unspecified atom stereocenters. The van der Waals surface area contributed by atoms with Gasteiger partial charge in [-0.25, -0.2) is 4.79 Å². The molecule has 0 radical (unpaired) electrons. The molecule has 0 fully saturated rings. The Hall–Kier alpha value is -3.35. The number of alkyl carbamates (subject to hydrolysis) is 1. The molecule has 0 aliphatic carbocycles. The Morgan fingerprint density at radius 3 is 2.19 bits per heavy atom. The molecule has 0 heterocycles. The summed E-state index contributed by atoms with van der Waals surface area (Å²) in [4.78, 5) is 41.3. The van der Waals surface area contributed by atoms with Crippen LogP contribution in [0.2, 0.25) is 0 Å². The van der Waals surface area contributed by atoms with E-state index in [-0.39, 0.29) is 24.4 Å². The molecule has 0 spiro atoms. The van der Waals surface area contributed by atoms with Gasteiger partial charge in [-0.3, -0.25) is 9.59 Å². The second-order valence-corrected chi connectivity index (χ2v) is 11.0. The van der Waals surface area contributed by atoms with E-state index in [1.165, 1.54) is 0 Å². The highest BCUT2D eigenvalue weighted by Gasteiger charge is 2.35. The van der Waals surface area contributed by atoms with Crippen molar-refractivity contribution in [2.75, 3.05) is 6.54 Å². The van der Waals surface area contributed by atoms with Gasteiger partial charge < -0.3 is 20.3 Å². The summed E-state index contributed by atoms with van der Waals surface area (Å²) < 4.78 is 5.30. The van der Waals surface area contributed by atoms with Crippen LogP contribution in [0.4, 0.5) is 4.79 Å². The molecular formula is C30H43N3O4. The van der Waals surface area contributed by atoms with Crippen LogP contribution in [0.3, 0.4) is 0 Å². The summed E-state index contributed by atoms with van der Waals surface area (Å²) in [5, 5.41) is 5.59. The molecule has 2 aromatic carbocycles. The van der Waals surface area contributed by atoms with Gasteiger partial charge in [0.05, 0.1) is 0 Å². The molecule has 37 heavy (non-hydrogen) atoms. The molecule has 0 bridgehead atoms. The van der Waals surface area contributed by atoms with E-state index >= 15 is 0 Å². The molecule has 2 aromatic rings. The number of benzene rings is 2. The first kappa shape index (κ1) is 29.9. The minimum absolute atomic E-state index is 0.233. The van der Waals surface area contributed by atoms with Crippen LogP contribution in [0.1, 0.15) is 77.1 Å². The van der Waals surface area contributed by atoms with Crippen molar-refractivity contribution in [1.82, 2.24) is 15.5 Å². The normalized spacial score (nSPS) is 13.0. The molecule has 3 amide bonds. The summed E-state index contributed by atoms with van der Waals surface area (Å²) in [6, 6.07) is 16.2. The first-order chi connectivity index (χ1) is 17.4. The smallest absolute Gasteiger partial charge is 0.408 e. The lowest BCUT2D eigenvalue weighted by Crippen LogP contribution is -2.51. The van der Waals surface area contributed by atoms with E-state index in [0.717, 1.165) is 29.5 Å². The predicted molar refractivity (Wildman–Crippen MR) is 147 cm³/mol. The van der Waals surface area contributed by atoms with Gasteiger partial charge in [0, 0.05) is 12.6 Å². The van der Waals surface area contributed by atoms with Crippen molar-refractivity contribution in [3.8, 4) is 0 Å². The Kier molecular flexibility index (Phi) is 11.2. The molecule has 0 saturated carbocycles. The highest BCUT2D eigenvalue weighted by atomic mass is 16.6. The topological polar surface area (TPSA) is 87.7 Å². The fourth-order valence-corrected chi connectivity index (χ4v) is 4.07. The van der Waals surface area contributed by atoms with Crippen LogP contribution < -0.4 is 10.6 Å². The fourth-order valence-electron chi connectivity index (χ4n) is 4.07. The van der Waals surface area contributed by atoms with Gasteiger partial charge in [0.1, 0.15) is 18.2 Å². The van der Waals surface area contributed by atoms with Crippen LogP contribution in [0.25, 0.3) is 0 Å². The Labute approximate surface area is 222 Å². The van der Waals surface area contributed by atoms with Crippen molar-refractivity contribution in [2.24, 2.45) is 5.92 Å². The SMILES string of the molecule is Cc1cccc(C(C(=O)NCc2ccccc2)N(C(=O)CNC(=O)OC(C)(C)C)C(C)CCC(C)C)c1. The molecule has 2 atom stereocenters. The summed E-state index contributed by atoms with van der Waals surface area (Å²) in [7, 11) is 0. The monoisotopic (exact) mass is 509 g/mol. The Bertz CT molecular complexity index is 1030. The lowest BCUT2D eigenvalue weighted by Gasteiger charge is -2.37. The Morgan fingerprint density at radius 1 is 0.919 bits per heavy atom. The van der Waals surface area contributed by atoms with E-state index in [1.807, 2.05) is 68.4 Å². The lowest BCUT2D eigenvalue weighted by atomic mass is 9.97. The standard InChI is InChI=1S/C30H43N3O4/c1-21(2)16-17-23(4)33(26(34)20-32-29(36)37-30(5,6)7)27(25-15-11-12-22(3)18-25)28(35)31-19-24-13-9-8-10-14-24/h8-15,18,21,23,27H,16-17,19-20H2,1-7H3,(H,31,35)(H,32,36). The van der Waals surface area contributed by atoms with Crippen LogP contribution in [0, 0.1) is 12.8 Å². The summed E-state index contributed by atoms with van der Waals surface area (Å²) in [5.74, 6) is -0.163. The summed E-state index contributed by atoms with van der Waals surface area (Å²) in [5.41, 5.74) is 2.01. The van der Waals surface area contributed by atoms with Crippen molar-refractivity contribution >= 4 is 17.9 Å². The molecule has 202 valence electrons. The van der Waals surface area contributed by atoms with Crippen LogP contribution >= 0.6 is 0 Å². The van der Waals surface area contributed by atoms with Crippen LogP contribution in [-0.2, 0) is 20.9 Å².